The highest BCUT2D eigenvalue weighted by Gasteiger charge is 2.38. The van der Waals surface area contributed by atoms with Crippen LogP contribution in [0.4, 0.5) is 13.2 Å². The summed E-state index contributed by atoms with van der Waals surface area (Å²) in [7, 11) is 1.33. The number of amides is 1. The number of hydrogen-bond acceptors (Lipinski definition) is 9. The van der Waals surface area contributed by atoms with E-state index in [-0.39, 0.29) is 61.1 Å². The summed E-state index contributed by atoms with van der Waals surface area (Å²) in [6.07, 6.45) is 0.363. The minimum atomic E-state index is -4.64. The first kappa shape index (κ1) is 25.5. The molecule has 0 radical (unpaired) electrons. The summed E-state index contributed by atoms with van der Waals surface area (Å²) in [5, 5.41) is 11.3. The standard InChI is InChI=1S/C25H23F3N6O4/c1-37-16-4-2-15(14-3-5-18(25(26,27)28)32-20(14)16)22-33-21(17(12-29)38-22)23(35)34-10-6-24(36,7-11-34)19-13-30-8-9-31-19/h2-5,8-9,13,36H,6-7,10-12,29H2,1H3. The van der Waals surface area contributed by atoms with Gasteiger partial charge in [-0.05, 0) is 37.1 Å². The molecule has 13 heteroatoms. The summed E-state index contributed by atoms with van der Waals surface area (Å²) in [5.41, 5.74) is 4.29. The number of fused-ring (bicyclic) bond motifs is 1. The van der Waals surface area contributed by atoms with E-state index in [0.29, 0.717) is 16.6 Å². The zero-order valence-electron chi connectivity index (χ0n) is 20.2. The summed E-state index contributed by atoms with van der Waals surface area (Å²) in [6, 6.07) is 5.14. The summed E-state index contributed by atoms with van der Waals surface area (Å²) in [5.74, 6) is -0.155. The molecule has 4 heterocycles. The van der Waals surface area contributed by atoms with Crippen molar-refractivity contribution in [1.82, 2.24) is 24.8 Å². The van der Waals surface area contributed by atoms with E-state index in [1.165, 1.54) is 42.7 Å². The van der Waals surface area contributed by atoms with E-state index in [9.17, 15) is 23.1 Å². The summed E-state index contributed by atoms with van der Waals surface area (Å²) < 4.78 is 50.8. The lowest BCUT2D eigenvalue weighted by Crippen LogP contribution is -2.45. The number of alkyl halides is 3. The van der Waals surface area contributed by atoms with Crippen molar-refractivity contribution in [3.63, 3.8) is 0 Å². The third kappa shape index (κ3) is 4.54. The first-order valence-electron chi connectivity index (χ1n) is 11.7. The van der Waals surface area contributed by atoms with Crippen LogP contribution in [0.5, 0.6) is 5.75 Å². The van der Waals surface area contributed by atoms with Crippen LogP contribution in [0.15, 0.2) is 47.3 Å². The first-order valence-corrected chi connectivity index (χ1v) is 11.7. The van der Waals surface area contributed by atoms with Gasteiger partial charge in [0.2, 0.25) is 5.89 Å². The van der Waals surface area contributed by atoms with Crippen molar-refractivity contribution in [2.24, 2.45) is 5.73 Å². The Kier molecular flexibility index (Phi) is 6.49. The lowest BCUT2D eigenvalue weighted by atomic mass is 9.88. The average Bonchev–Trinajstić information content (AvgIpc) is 3.36. The van der Waals surface area contributed by atoms with E-state index in [1.54, 1.807) is 6.07 Å². The van der Waals surface area contributed by atoms with Crippen molar-refractivity contribution >= 4 is 16.8 Å². The van der Waals surface area contributed by atoms with E-state index in [1.807, 2.05) is 0 Å². The number of aliphatic hydroxyl groups is 1. The highest BCUT2D eigenvalue weighted by atomic mass is 19.4. The van der Waals surface area contributed by atoms with Crippen LogP contribution in [0.25, 0.3) is 22.4 Å². The highest BCUT2D eigenvalue weighted by Crippen LogP contribution is 2.37. The van der Waals surface area contributed by atoms with Crippen LogP contribution in [-0.2, 0) is 18.3 Å². The molecule has 0 bridgehead atoms. The van der Waals surface area contributed by atoms with Crippen molar-refractivity contribution in [3.05, 3.63) is 65.7 Å². The van der Waals surface area contributed by atoms with Gasteiger partial charge in [-0.2, -0.15) is 13.2 Å². The van der Waals surface area contributed by atoms with E-state index in [0.717, 1.165) is 6.07 Å². The fourth-order valence-electron chi connectivity index (χ4n) is 4.50. The molecule has 0 atom stereocenters. The van der Waals surface area contributed by atoms with Crippen molar-refractivity contribution in [3.8, 4) is 17.2 Å². The van der Waals surface area contributed by atoms with Crippen molar-refractivity contribution < 1.29 is 32.2 Å². The second kappa shape index (κ2) is 9.65. The van der Waals surface area contributed by atoms with E-state index < -0.39 is 23.4 Å². The number of halogens is 3. The zero-order chi connectivity index (χ0) is 27.1. The number of aromatic nitrogens is 4. The monoisotopic (exact) mass is 528 g/mol. The number of carbonyl (C=O) groups is 1. The molecule has 0 aliphatic carbocycles. The maximum Gasteiger partial charge on any atom is 0.433 e. The van der Waals surface area contributed by atoms with Crippen LogP contribution in [0.1, 0.15) is 40.5 Å². The van der Waals surface area contributed by atoms with Gasteiger partial charge in [0.25, 0.3) is 5.91 Å². The Balaban J connectivity index is 1.46. The molecule has 1 fully saturated rings. The molecule has 38 heavy (non-hydrogen) atoms. The number of pyridine rings is 1. The Labute approximate surface area is 214 Å². The molecular formula is C25H23F3N6O4. The molecule has 1 aliphatic heterocycles. The van der Waals surface area contributed by atoms with Crippen LogP contribution in [0, 0.1) is 0 Å². The molecule has 1 amide bonds. The lowest BCUT2D eigenvalue weighted by Gasteiger charge is -2.37. The number of methoxy groups -OCH3 is 1. The van der Waals surface area contributed by atoms with Gasteiger partial charge in [-0.3, -0.25) is 14.8 Å². The second-order valence-electron chi connectivity index (χ2n) is 8.82. The Hall–Kier alpha value is -4.10. The summed E-state index contributed by atoms with van der Waals surface area (Å²) >= 11 is 0. The predicted octanol–water partition coefficient (Wildman–Crippen LogP) is 3.29. The highest BCUT2D eigenvalue weighted by molar-refractivity contribution is 5.98. The fraction of sp³-hybridized carbons (Fsp3) is 0.320. The minimum absolute atomic E-state index is 0.00344. The molecule has 3 N–H and O–H groups in total. The maximum atomic E-state index is 13.4. The van der Waals surface area contributed by atoms with Crippen LogP contribution in [0.3, 0.4) is 0 Å². The minimum Gasteiger partial charge on any atom is -0.494 e. The molecule has 0 spiro atoms. The topological polar surface area (TPSA) is 140 Å². The average molecular weight is 528 g/mol. The third-order valence-electron chi connectivity index (χ3n) is 6.56. The van der Waals surface area contributed by atoms with Crippen molar-refractivity contribution in [1.29, 1.82) is 0 Å². The van der Waals surface area contributed by atoms with E-state index >= 15 is 0 Å². The van der Waals surface area contributed by atoms with Crippen molar-refractivity contribution in [2.45, 2.75) is 31.2 Å². The second-order valence-corrected chi connectivity index (χ2v) is 8.82. The molecule has 198 valence electrons. The number of nitrogens with two attached hydrogens (primary N) is 1. The molecule has 1 aromatic carbocycles. The largest absolute Gasteiger partial charge is 0.494 e. The number of carbonyl (C=O) groups excluding carboxylic acids is 1. The number of oxazole rings is 1. The lowest BCUT2D eigenvalue weighted by molar-refractivity contribution is -0.140. The molecular weight excluding hydrogens is 505 g/mol. The van der Waals surface area contributed by atoms with Crippen LogP contribution in [-0.4, -0.2) is 56.0 Å². The Bertz CT molecular complexity index is 1480. The molecule has 1 aliphatic rings. The SMILES string of the molecule is COc1ccc(-c2nc(C(=O)N3CCC(O)(c4cnccn4)CC3)c(CN)o2)c2ccc(C(F)(F)F)nc12. The quantitative estimate of drug-likeness (QED) is 0.399. The summed E-state index contributed by atoms with van der Waals surface area (Å²) in [6.45, 7) is 0.331. The number of hydrogen-bond donors (Lipinski definition) is 2. The Morgan fingerprint density at radius 2 is 1.95 bits per heavy atom. The van der Waals surface area contributed by atoms with Gasteiger partial charge in [-0.15, -0.1) is 0 Å². The van der Waals surface area contributed by atoms with E-state index in [4.69, 9.17) is 14.9 Å². The maximum absolute atomic E-state index is 13.4. The van der Waals surface area contributed by atoms with Crippen molar-refractivity contribution in [2.75, 3.05) is 20.2 Å². The van der Waals surface area contributed by atoms with Crippen LogP contribution in [0.2, 0.25) is 0 Å². The number of rotatable bonds is 5. The molecule has 5 rings (SSSR count). The Morgan fingerprint density at radius 3 is 2.58 bits per heavy atom. The molecule has 1 saturated heterocycles. The molecule has 0 saturated carbocycles. The number of ether oxygens (including phenoxy) is 1. The number of nitrogens with zero attached hydrogens (tertiary/aromatic N) is 5. The van der Waals surface area contributed by atoms with Gasteiger partial charge in [-0.25, -0.2) is 9.97 Å². The predicted molar refractivity (Wildman–Crippen MR) is 128 cm³/mol. The third-order valence-corrected chi connectivity index (χ3v) is 6.56. The normalized spacial score (nSPS) is 15.6. The van der Waals surface area contributed by atoms with Gasteiger partial charge in [-0.1, -0.05) is 0 Å². The number of piperidine rings is 1. The van der Waals surface area contributed by atoms with E-state index in [2.05, 4.69) is 19.9 Å². The van der Waals surface area contributed by atoms with Gasteiger partial charge in [0.15, 0.2) is 11.5 Å². The smallest absolute Gasteiger partial charge is 0.433 e. The van der Waals surface area contributed by atoms with Gasteiger partial charge in [0.05, 0.1) is 25.5 Å². The van der Waals surface area contributed by atoms with Crippen LogP contribution >= 0.6 is 0 Å². The molecule has 0 unspecified atom stereocenters. The van der Waals surface area contributed by atoms with Gasteiger partial charge < -0.3 is 24.9 Å². The molecule has 4 aromatic rings. The number of likely N-dealkylation sites (tertiary alicyclic amines) is 1. The van der Waals surface area contributed by atoms with Gasteiger partial charge in [0, 0.05) is 36.4 Å². The number of benzene rings is 1. The molecule has 3 aromatic heterocycles. The molecule has 10 nitrogen and oxygen atoms in total. The Morgan fingerprint density at radius 1 is 1.18 bits per heavy atom. The first-order chi connectivity index (χ1) is 18.1. The van der Waals surface area contributed by atoms with Gasteiger partial charge >= 0.3 is 6.18 Å². The van der Waals surface area contributed by atoms with Gasteiger partial charge in [0.1, 0.15) is 22.6 Å². The van der Waals surface area contributed by atoms with Crippen LogP contribution < -0.4 is 10.5 Å². The zero-order valence-corrected chi connectivity index (χ0v) is 20.2. The summed E-state index contributed by atoms with van der Waals surface area (Å²) in [4.78, 5) is 31.2. The fourth-order valence-corrected chi connectivity index (χ4v) is 4.50.